The number of anilines is 1. The van der Waals surface area contributed by atoms with Gasteiger partial charge in [-0.05, 0) is 30.2 Å². The summed E-state index contributed by atoms with van der Waals surface area (Å²) >= 11 is 0. The number of rotatable bonds is 8. The molecule has 2 rings (SSSR count). The van der Waals surface area contributed by atoms with Crippen molar-refractivity contribution in [1.29, 1.82) is 0 Å². The molecule has 2 aromatic rings. The second-order valence-electron chi connectivity index (χ2n) is 6.04. The highest BCUT2D eigenvalue weighted by Gasteiger charge is 2.20. The summed E-state index contributed by atoms with van der Waals surface area (Å²) in [6.07, 6.45) is 1.40. The van der Waals surface area contributed by atoms with Crippen molar-refractivity contribution in [1.82, 2.24) is 4.31 Å². The van der Waals surface area contributed by atoms with Crippen molar-refractivity contribution in [2.75, 3.05) is 31.3 Å². The molecule has 7 heteroatoms. The van der Waals surface area contributed by atoms with Crippen molar-refractivity contribution >= 4 is 21.6 Å². The fourth-order valence-electron chi connectivity index (χ4n) is 2.57. The third-order valence-corrected chi connectivity index (χ3v) is 5.45. The van der Waals surface area contributed by atoms with Crippen LogP contribution in [0.2, 0.25) is 0 Å². The highest BCUT2D eigenvalue weighted by molar-refractivity contribution is 7.88. The summed E-state index contributed by atoms with van der Waals surface area (Å²) in [4.78, 5) is 13.8. The number of hydrogen-bond donors (Lipinski definition) is 0. The van der Waals surface area contributed by atoms with E-state index in [4.69, 9.17) is 0 Å². The normalized spacial score (nSPS) is 11.5. The number of amides is 1. The molecule has 140 valence electrons. The van der Waals surface area contributed by atoms with Gasteiger partial charge < -0.3 is 4.90 Å². The fraction of sp³-hybridized carbons (Fsp3) is 0.316. The van der Waals surface area contributed by atoms with Crippen molar-refractivity contribution in [2.24, 2.45) is 0 Å². The average molecular weight is 378 g/mol. The second-order valence-corrected chi connectivity index (χ2v) is 8.02. The first-order chi connectivity index (χ1) is 12.3. The Hall–Kier alpha value is -2.25. The van der Waals surface area contributed by atoms with Crippen LogP contribution in [0.15, 0.2) is 54.6 Å². The summed E-state index contributed by atoms with van der Waals surface area (Å²) in [5.74, 6) is -0.545. The van der Waals surface area contributed by atoms with E-state index in [0.717, 1.165) is 11.9 Å². The molecule has 0 aliphatic heterocycles. The molecular weight excluding hydrogens is 355 g/mol. The predicted molar refractivity (Wildman–Crippen MR) is 101 cm³/mol. The van der Waals surface area contributed by atoms with Crippen LogP contribution in [0.1, 0.15) is 12.0 Å². The summed E-state index contributed by atoms with van der Waals surface area (Å²) in [6, 6.07) is 15.4. The quantitative estimate of drug-likeness (QED) is 0.710. The van der Waals surface area contributed by atoms with Crippen LogP contribution >= 0.6 is 0 Å². The summed E-state index contributed by atoms with van der Waals surface area (Å²) in [5.41, 5.74) is 1.20. The van der Waals surface area contributed by atoms with E-state index in [0.29, 0.717) is 5.56 Å². The van der Waals surface area contributed by atoms with Crippen molar-refractivity contribution in [3.05, 3.63) is 66.0 Å². The lowest BCUT2D eigenvalue weighted by Gasteiger charge is -2.22. The van der Waals surface area contributed by atoms with Crippen LogP contribution in [0.4, 0.5) is 10.1 Å². The van der Waals surface area contributed by atoms with E-state index in [1.807, 2.05) is 30.3 Å². The molecule has 0 bridgehead atoms. The Kier molecular flexibility index (Phi) is 6.88. The van der Waals surface area contributed by atoms with E-state index in [2.05, 4.69) is 0 Å². The highest BCUT2D eigenvalue weighted by atomic mass is 32.2. The zero-order chi connectivity index (χ0) is 19.2. The van der Waals surface area contributed by atoms with Gasteiger partial charge in [0.2, 0.25) is 15.9 Å². The molecule has 0 heterocycles. The Morgan fingerprint density at radius 3 is 2.23 bits per heavy atom. The molecule has 0 aliphatic carbocycles. The van der Waals surface area contributed by atoms with Crippen LogP contribution in [0.5, 0.6) is 0 Å². The molecule has 0 aromatic heterocycles. The summed E-state index contributed by atoms with van der Waals surface area (Å²) < 4.78 is 38.9. The highest BCUT2D eigenvalue weighted by Crippen LogP contribution is 2.14. The van der Waals surface area contributed by atoms with Crippen molar-refractivity contribution in [3.8, 4) is 0 Å². The van der Waals surface area contributed by atoms with Crippen LogP contribution in [0.3, 0.4) is 0 Å². The van der Waals surface area contributed by atoms with Crippen molar-refractivity contribution in [3.63, 3.8) is 0 Å². The SMILES string of the molecule is CN(C(=O)CCN(CCc1ccccc1F)S(C)(=O)=O)c1ccccc1. The lowest BCUT2D eigenvalue weighted by molar-refractivity contribution is -0.118. The lowest BCUT2D eigenvalue weighted by atomic mass is 10.1. The van der Waals surface area contributed by atoms with Crippen molar-refractivity contribution in [2.45, 2.75) is 12.8 Å². The number of halogens is 1. The standard InChI is InChI=1S/C19H23FN2O3S/c1-21(17-9-4-3-5-10-17)19(23)13-15-22(26(2,24)25)14-12-16-8-6-7-11-18(16)20/h3-11H,12-15H2,1-2H3. The molecule has 0 N–H and O–H groups in total. The molecule has 5 nitrogen and oxygen atoms in total. The van der Waals surface area contributed by atoms with Gasteiger partial charge in [0.1, 0.15) is 5.82 Å². The molecule has 0 aliphatic rings. The number of sulfonamides is 1. The van der Waals surface area contributed by atoms with Crippen LogP contribution in [-0.4, -0.2) is 45.0 Å². The van der Waals surface area contributed by atoms with Gasteiger partial charge in [0, 0.05) is 32.2 Å². The third kappa shape index (κ3) is 5.64. The molecular formula is C19H23FN2O3S. The Morgan fingerprint density at radius 2 is 1.62 bits per heavy atom. The Balaban J connectivity index is 1.98. The van der Waals surface area contributed by atoms with Crippen LogP contribution in [0, 0.1) is 5.82 Å². The first-order valence-electron chi connectivity index (χ1n) is 8.29. The number of para-hydroxylation sites is 1. The summed E-state index contributed by atoms with van der Waals surface area (Å²) in [7, 11) is -1.84. The zero-order valence-corrected chi connectivity index (χ0v) is 15.7. The lowest BCUT2D eigenvalue weighted by Crippen LogP contribution is -2.36. The minimum absolute atomic E-state index is 0.0513. The van der Waals surface area contributed by atoms with Gasteiger partial charge >= 0.3 is 0 Å². The second kappa shape index (κ2) is 8.91. The number of nitrogens with zero attached hydrogens (tertiary/aromatic N) is 2. The zero-order valence-electron chi connectivity index (χ0n) is 14.9. The Labute approximate surface area is 154 Å². The molecule has 0 saturated heterocycles. The summed E-state index contributed by atoms with van der Waals surface area (Å²) in [5, 5.41) is 0. The minimum atomic E-state index is -3.49. The van der Waals surface area contributed by atoms with E-state index in [9.17, 15) is 17.6 Å². The van der Waals surface area contributed by atoms with Gasteiger partial charge in [-0.25, -0.2) is 17.1 Å². The van der Waals surface area contributed by atoms with E-state index in [1.165, 1.54) is 15.3 Å². The van der Waals surface area contributed by atoms with Gasteiger partial charge in [-0.15, -0.1) is 0 Å². The van der Waals surface area contributed by atoms with Gasteiger partial charge in [-0.3, -0.25) is 4.79 Å². The largest absolute Gasteiger partial charge is 0.315 e. The number of hydrogen-bond acceptors (Lipinski definition) is 3. The maximum Gasteiger partial charge on any atom is 0.228 e. The number of carbonyl (C=O) groups excluding carboxylic acids is 1. The molecule has 0 radical (unpaired) electrons. The Morgan fingerprint density at radius 1 is 1.00 bits per heavy atom. The van der Waals surface area contributed by atoms with Gasteiger partial charge in [0.25, 0.3) is 0 Å². The number of benzene rings is 2. The van der Waals surface area contributed by atoms with E-state index < -0.39 is 10.0 Å². The van der Waals surface area contributed by atoms with E-state index in [1.54, 1.807) is 25.2 Å². The molecule has 0 fully saturated rings. The van der Waals surface area contributed by atoms with Crippen LogP contribution in [0.25, 0.3) is 0 Å². The molecule has 26 heavy (non-hydrogen) atoms. The van der Waals surface area contributed by atoms with Gasteiger partial charge in [0.15, 0.2) is 0 Å². The Bertz CT molecular complexity index is 841. The van der Waals surface area contributed by atoms with Gasteiger partial charge in [0.05, 0.1) is 6.26 Å². The average Bonchev–Trinajstić information content (AvgIpc) is 2.61. The fourth-order valence-corrected chi connectivity index (χ4v) is 3.42. The van der Waals surface area contributed by atoms with E-state index >= 15 is 0 Å². The van der Waals surface area contributed by atoms with Gasteiger partial charge in [-0.2, -0.15) is 0 Å². The molecule has 0 unspecified atom stereocenters. The van der Waals surface area contributed by atoms with Crippen molar-refractivity contribution < 1.29 is 17.6 Å². The maximum atomic E-state index is 13.7. The molecule has 0 saturated carbocycles. The molecule has 0 atom stereocenters. The van der Waals surface area contributed by atoms with Crippen LogP contribution in [-0.2, 0) is 21.2 Å². The first-order valence-corrected chi connectivity index (χ1v) is 10.1. The molecule has 1 amide bonds. The van der Waals surface area contributed by atoms with E-state index in [-0.39, 0.29) is 37.7 Å². The third-order valence-electron chi connectivity index (χ3n) is 4.15. The smallest absolute Gasteiger partial charge is 0.228 e. The predicted octanol–water partition coefficient (Wildman–Crippen LogP) is 2.68. The molecule has 2 aromatic carbocycles. The first kappa shape index (κ1) is 20.1. The molecule has 0 spiro atoms. The minimum Gasteiger partial charge on any atom is -0.315 e. The number of carbonyl (C=O) groups is 1. The maximum absolute atomic E-state index is 13.7. The summed E-state index contributed by atoms with van der Waals surface area (Å²) in [6.45, 7) is 0.186. The topological polar surface area (TPSA) is 57.7 Å². The van der Waals surface area contributed by atoms with Crippen LogP contribution < -0.4 is 4.90 Å². The monoisotopic (exact) mass is 378 g/mol. The van der Waals surface area contributed by atoms with Gasteiger partial charge in [-0.1, -0.05) is 36.4 Å².